The van der Waals surface area contributed by atoms with Gasteiger partial charge in [0.1, 0.15) is 5.78 Å². The molecule has 0 N–H and O–H groups in total. The standard InChI is InChI=1S/C14H15NO/c1-10-9-12(8-7-11(2)16)13-5-3-4-6-14(13)15-10/h3-6,9H,7-8H2,1-2H3. The molecule has 2 rings (SSSR count). The number of benzene rings is 1. The van der Waals surface area contributed by atoms with Gasteiger partial charge in [0.15, 0.2) is 0 Å². The SMILES string of the molecule is CC(=O)CCc1cc(C)nc2ccccc12. The van der Waals surface area contributed by atoms with Gasteiger partial charge in [0, 0.05) is 17.5 Å². The summed E-state index contributed by atoms with van der Waals surface area (Å²) >= 11 is 0. The van der Waals surface area contributed by atoms with Crippen molar-refractivity contribution in [2.24, 2.45) is 0 Å². The molecule has 0 aliphatic rings. The molecule has 82 valence electrons. The second-order valence-corrected chi connectivity index (χ2v) is 4.14. The van der Waals surface area contributed by atoms with E-state index in [-0.39, 0.29) is 5.78 Å². The molecule has 0 bridgehead atoms. The zero-order valence-electron chi connectivity index (χ0n) is 9.66. The van der Waals surface area contributed by atoms with E-state index in [2.05, 4.69) is 17.1 Å². The van der Waals surface area contributed by atoms with Crippen LogP contribution in [0.5, 0.6) is 0 Å². The van der Waals surface area contributed by atoms with Gasteiger partial charge < -0.3 is 4.79 Å². The van der Waals surface area contributed by atoms with Crippen molar-refractivity contribution in [1.82, 2.24) is 4.98 Å². The van der Waals surface area contributed by atoms with Crippen molar-refractivity contribution >= 4 is 16.7 Å². The summed E-state index contributed by atoms with van der Waals surface area (Å²) in [4.78, 5) is 15.5. The van der Waals surface area contributed by atoms with Crippen LogP contribution in [0.25, 0.3) is 10.9 Å². The summed E-state index contributed by atoms with van der Waals surface area (Å²) in [6.07, 6.45) is 1.41. The fourth-order valence-corrected chi connectivity index (χ4v) is 1.91. The van der Waals surface area contributed by atoms with Crippen LogP contribution in [0.3, 0.4) is 0 Å². The van der Waals surface area contributed by atoms with E-state index in [0.29, 0.717) is 6.42 Å². The Hall–Kier alpha value is -1.70. The van der Waals surface area contributed by atoms with Gasteiger partial charge in [-0.3, -0.25) is 4.98 Å². The number of rotatable bonds is 3. The minimum atomic E-state index is 0.235. The Morgan fingerprint density at radius 2 is 2.06 bits per heavy atom. The number of aryl methyl sites for hydroxylation is 2. The quantitative estimate of drug-likeness (QED) is 0.784. The molecule has 0 spiro atoms. The fourth-order valence-electron chi connectivity index (χ4n) is 1.91. The summed E-state index contributed by atoms with van der Waals surface area (Å²) in [6.45, 7) is 3.62. The highest BCUT2D eigenvalue weighted by atomic mass is 16.1. The monoisotopic (exact) mass is 213 g/mol. The van der Waals surface area contributed by atoms with Crippen LogP contribution in [-0.2, 0) is 11.2 Å². The molecule has 2 nitrogen and oxygen atoms in total. The lowest BCUT2D eigenvalue weighted by molar-refractivity contribution is -0.116. The number of carbonyl (C=O) groups excluding carboxylic acids is 1. The van der Waals surface area contributed by atoms with E-state index in [9.17, 15) is 4.79 Å². The molecule has 1 aromatic heterocycles. The van der Waals surface area contributed by atoms with E-state index in [0.717, 1.165) is 23.0 Å². The molecule has 1 aromatic carbocycles. The Bertz CT molecular complexity index is 531. The number of ketones is 1. The van der Waals surface area contributed by atoms with Crippen molar-refractivity contribution in [3.63, 3.8) is 0 Å². The van der Waals surface area contributed by atoms with Crippen molar-refractivity contribution in [2.75, 3.05) is 0 Å². The average molecular weight is 213 g/mol. The van der Waals surface area contributed by atoms with E-state index >= 15 is 0 Å². The van der Waals surface area contributed by atoms with Gasteiger partial charge in [0.05, 0.1) is 5.52 Å². The molecular formula is C14H15NO. The van der Waals surface area contributed by atoms with Gasteiger partial charge in [-0.1, -0.05) is 18.2 Å². The lowest BCUT2D eigenvalue weighted by Crippen LogP contribution is -1.97. The highest BCUT2D eigenvalue weighted by Crippen LogP contribution is 2.19. The molecule has 0 radical (unpaired) electrons. The van der Waals surface area contributed by atoms with Crippen LogP contribution < -0.4 is 0 Å². The van der Waals surface area contributed by atoms with Crippen LogP contribution >= 0.6 is 0 Å². The van der Waals surface area contributed by atoms with Crippen LogP contribution in [0.15, 0.2) is 30.3 Å². The predicted molar refractivity (Wildman–Crippen MR) is 65.5 cm³/mol. The number of nitrogens with zero attached hydrogens (tertiary/aromatic N) is 1. The fraction of sp³-hybridized carbons (Fsp3) is 0.286. The van der Waals surface area contributed by atoms with E-state index in [1.807, 2.05) is 25.1 Å². The topological polar surface area (TPSA) is 30.0 Å². The van der Waals surface area contributed by atoms with Crippen molar-refractivity contribution in [3.05, 3.63) is 41.6 Å². The molecule has 1 heterocycles. The second-order valence-electron chi connectivity index (χ2n) is 4.14. The number of hydrogen-bond donors (Lipinski definition) is 0. The largest absolute Gasteiger partial charge is 0.300 e. The van der Waals surface area contributed by atoms with Crippen molar-refractivity contribution < 1.29 is 4.79 Å². The van der Waals surface area contributed by atoms with Crippen molar-refractivity contribution in [2.45, 2.75) is 26.7 Å². The molecule has 0 aliphatic carbocycles. The highest BCUT2D eigenvalue weighted by Gasteiger charge is 2.04. The van der Waals surface area contributed by atoms with E-state index in [4.69, 9.17) is 0 Å². The molecule has 0 aliphatic heterocycles. The Balaban J connectivity index is 2.46. The molecule has 16 heavy (non-hydrogen) atoms. The summed E-state index contributed by atoms with van der Waals surface area (Å²) in [5.41, 5.74) is 3.25. The second kappa shape index (κ2) is 4.44. The van der Waals surface area contributed by atoms with Gasteiger partial charge in [0.2, 0.25) is 0 Å². The summed E-state index contributed by atoms with van der Waals surface area (Å²) in [6, 6.07) is 10.2. The molecule has 0 atom stereocenters. The molecule has 2 heteroatoms. The zero-order valence-corrected chi connectivity index (χ0v) is 9.66. The van der Waals surface area contributed by atoms with E-state index in [1.54, 1.807) is 6.92 Å². The Morgan fingerprint density at radius 1 is 1.31 bits per heavy atom. The third kappa shape index (κ3) is 2.27. The normalized spacial score (nSPS) is 10.6. The van der Waals surface area contributed by atoms with Crippen LogP contribution in [0.2, 0.25) is 0 Å². The number of hydrogen-bond acceptors (Lipinski definition) is 2. The first-order valence-electron chi connectivity index (χ1n) is 5.51. The van der Waals surface area contributed by atoms with Crippen molar-refractivity contribution in [1.29, 1.82) is 0 Å². The molecule has 0 amide bonds. The Labute approximate surface area is 95.3 Å². The summed E-state index contributed by atoms with van der Waals surface area (Å²) in [7, 11) is 0. The summed E-state index contributed by atoms with van der Waals surface area (Å²) < 4.78 is 0. The van der Waals surface area contributed by atoms with Gasteiger partial charge in [-0.2, -0.15) is 0 Å². The first kappa shape index (κ1) is 10.8. The maximum Gasteiger partial charge on any atom is 0.130 e. The van der Waals surface area contributed by atoms with Gasteiger partial charge >= 0.3 is 0 Å². The lowest BCUT2D eigenvalue weighted by Gasteiger charge is -2.06. The van der Waals surface area contributed by atoms with Crippen molar-refractivity contribution in [3.8, 4) is 0 Å². The Kier molecular flexibility index (Phi) is 3.00. The number of pyridine rings is 1. The maximum atomic E-state index is 11.0. The highest BCUT2D eigenvalue weighted by molar-refractivity contribution is 5.83. The van der Waals surface area contributed by atoms with Crippen LogP contribution in [0.1, 0.15) is 24.6 Å². The third-order valence-corrected chi connectivity index (χ3v) is 2.68. The zero-order chi connectivity index (χ0) is 11.5. The first-order chi connectivity index (χ1) is 7.66. The summed E-state index contributed by atoms with van der Waals surface area (Å²) in [5.74, 6) is 0.235. The minimum Gasteiger partial charge on any atom is -0.300 e. The van der Waals surface area contributed by atoms with Gasteiger partial charge in [-0.25, -0.2) is 0 Å². The number of fused-ring (bicyclic) bond motifs is 1. The smallest absolute Gasteiger partial charge is 0.130 e. The lowest BCUT2D eigenvalue weighted by atomic mass is 10.0. The molecular weight excluding hydrogens is 198 g/mol. The van der Waals surface area contributed by atoms with Gasteiger partial charge in [0.25, 0.3) is 0 Å². The Morgan fingerprint density at radius 3 is 2.81 bits per heavy atom. The number of aromatic nitrogens is 1. The van der Waals surface area contributed by atoms with E-state index in [1.165, 1.54) is 5.56 Å². The molecule has 2 aromatic rings. The van der Waals surface area contributed by atoms with Gasteiger partial charge in [-0.05, 0) is 38.0 Å². The summed E-state index contributed by atoms with van der Waals surface area (Å²) in [5, 5.41) is 1.16. The third-order valence-electron chi connectivity index (χ3n) is 2.68. The maximum absolute atomic E-state index is 11.0. The predicted octanol–water partition coefficient (Wildman–Crippen LogP) is 3.06. The number of carbonyl (C=O) groups is 1. The molecule has 0 saturated heterocycles. The van der Waals surface area contributed by atoms with E-state index < -0.39 is 0 Å². The molecule has 0 fully saturated rings. The first-order valence-corrected chi connectivity index (χ1v) is 5.51. The number of para-hydroxylation sites is 1. The number of Topliss-reactive ketones (excluding diaryl/α,β-unsaturated/α-hetero) is 1. The minimum absolute atomic E-state index is 0.235. The molecule has 0 unspecified atom stereocenters. The average Bonchev–Trinajstić information content (AvgIpc) is 2.25. The van der Waals surface area contributed by atoms with Gasteiger partial charge in [-0.15, -0.1) is 0 Å². The van der Waals surface area contributed by atoms with Crippen LogP contribution in [-0.4, -0.2) is 10.8 Å². The van der Waals surface area contributed by atoms with Crippen LogP contribution in [0.4, 0.5) is 0 Å². The molecule has 0 saturated carbocycles. The van der Waals surface area contributed by atoms with Crippen LogP contribution in [0, 0.1) is 6.92 Å².